The predicted octanol–water partition coefficient (Wildman–Crippen LogP) is 1.28. The van der Waals surface area contributed by atoms with E-state index in [2.05, 4.69) is 14.5 Å². The zero-order valence-corrected chi connectivity index (χ0v) is 10.6. The minimum atomic E-state index is -1.45. The summed E-state index contributed by atoms with van der Waals surface area (Å²) < 4.78 is 5.13. The Morgan fingerprint density at radius 2 is 2.37 bits per heavy atom. The van der Waals surface area contributed by atoms with Gasteiger partial charge in [0.1, 0.15) is 12.0 Å². The minimum Gasteiger partial charge on any atom is -0.476 e. The lowest BCUT2D eigenvalue weighted by molar-refractivity contribution is -0.385. The normalized spacial score (nSPS) is 10.6. The van der Waals surface area contributed by atoms with Gasteiger partial charge >= 0.3 is 11.7 Å². The lowest BCUT2D eigenvalue weighted by Gasteiger charge is -1.90. The average molecular weight is 283 g/mol. The van der Waals surface area contributed by atoms with Crippen molar-refractivity contribution < 1.29 is 14.8 Å². The van der Waals surface area contributed by atoms with Crippen LogP contribution in [0.1, 0.15) is 29.7 Å². The highest BCUT2D eigenvalue weighted by Crippen LogP contribution is 2.20. The molecule has 10 heteroatoms. The number of hydrogen-bond acceptors (Lipinski definition) is 7. The summed E-state index contributed by atoms with van der Waals surface area (Å²) in [4.78, 5) is 24.9. The van der Waals surface area contributed by atoms with Crippen LogP contribution in [0.4, 0.5) is 5.69 Å². The molecule has 0 unspecified atom stereocenters. The lowest BCUT2D eigenvalue weighted by Crippen LogP contribution is -2.02. The molecule has 2 rings (SSSR count). The van der Waals surface area contributed by atoms with E-state index in [0.29, 0.717) is 17.4 Å². The van der Waals surface area contributed by atoms with Crippen LogP contribution in [0.15, 0.2) is 6.20 Å². The third kappa shape index (κ3) is 2.57. The summed E-state index contributed by atoms with van der Waals surface area (Å²) in [7, 11) is 0. The van der Waals surface area contributed by atoms with E-state index in [1.54, 1.807) is 0 Å². The van der Waals surface area contributed by atoms with E-state index >= 15 is 0 Å². The Labute approximate surface area is 110 Å². The van der Waals surface area contributed by atoms with Crippen molar-refractivity contribution in [2.24, 2.45) is 0 Å². The number of carboxylic acid groups (broad SMARTS) is 1. The monoisotopic (exact) mass is 283 g/mol. The van der Waals surface area contributed by atoms with Crippen molar-refractivity contribution in [2.75, 3.05) is 0 Å². The van der Waals surface area contributed by atoms with Gasteiger partial charge in [0.05, 0.1) is 4.92 Å². The number of carboxylic acids is 1. The third-order valence-electron chi connectivity index (χ3n) is 2.22. The van der Waals surface area contributed by atoms with Gasteiger partial charge in [0, 0.05) is 18.0 Å². The molecule has 0 aromatic carbocycles. The van der Waals surface area contributed by atoms with E-state index in [1.165, 1.54) is 0 Å². The van der Waals surface area contributed by atoms with Gasteiger partial charge in [-0.25, -0.2) is 14.5 Å². The molecule has 0 saturated carbocycles. The Morgan fingerprint density at radius 3 is 2.89 bits per heavy atom. The molecule has 0 spiro atoms. The summed E-state index contributed by atoms with van der Waals surface area (Å²) in [5.41, 5.74) is -1.18. The van der Waals surface area contributed by atoms with Gasteiger partial charge in [-0.05, 0) is 6.42 Å². The Hall–Kier alpha value is -2.36. The maximum Gasteiger partial charge on any atom is 0.363 e. The Bertz CT molecular complexity index is 603. The molecule has 0 saturated heterocycles. The summed E-state index contributed by atoms with van der Waals surface area (Å²) in [6.07, 6.45) is 2.58. The van der Waals surface area contributed by atoms with Crippen molar-refractivity contribution in [3.63, 3.8) is 0 Å². The van der Waals surface area contributed by atoms with Crippen LogP contribution in [0.2, 0.25) is 0 Å². The van der Waals surface area contributed by atoms with Crippen molar-refractivity contribution in [2.45, 2.75) is 19.8 Å². The van der Waals surface area contributed by atoms with E-state index < -0.39 is 22.3 Å². The highest BCUT2D eigenvalue weighted by Gasteiger charge is 2.26. The van der Waals surface area contributed by atoms with Crippen molar-refractivity contribution in [1.29, 1.82) is 0 Å². The molecule has 0 aliphatic heterocycles. The maximum atomic E-state index is 10.9. The van der Waals surface area contributed by atoms with Crippen molar-refractivity contribution >= 4 is 23.2 Å². The first-order valence-electron chi connectivity index (χ1n) is 5.33. The maximum absolute atomic E-state index is 10.9. The van der Waals surface area contributed by atoms with Crippen molar-refractivity contribution in [3.8, 4) is 5.13 Å². The Balaban J connectivity index is 2.42. The smallest absolute Gasteiger partial charge is 0.363 e. The SMILES string of the molecule is CCCc1nsc(-n2cc([N+](=O)[O-])c(C(=O)O)n2)n1. The molecular weight excluding hydrogens is 274 g/mol. The van der Waals surface area contributed by atoms with Crippen LogP contribution < -0.4 is 0 Å². The zero-order chi connectivity index (χ0) is 14.0. The molecule has 0 atom stereocenters. The van der Waals surface area contributed by atoms with E-state index in [-0.39, 0.29) is 0 Å². The van der Waals surface area contributed by atoms with Crippen LogP contribution in [0.25, 0.3) is 5.13 Å². The number of aryl methyl sites for hydroxylation is 1. The molecule has 0 amide bonds. The van der Waals surface area contributed by atoms with Crippen LogP contribution in [0.3, 0.4) is 0 Å². The fraction of sp³-hybridized carbons (Fsp3) is 0.333. The molecule has 0 fully saturated rings. The fourth-order valence-electron chi connectivity index (χ4n) is 1.41. The highest BCUT2D eigenvalue weighted by molar-refractivity contribution is 7.08. The fourth-order valence-corrected chi connectivity index (χ4v) is 2.05. The molecule has 0 bridgehead atoms. The first-order valence-corrected chi connectivity index (χ1v) is 6.10. The molecular formula is C9H9N5O4S. The Kier molecular flexibility index (Phi) is 3.51. The van der Waals surface area contributed by atoms with Crippen molar-refractivity contribution in [3.05, 3.63) is 27.8 Å². The standard InChI is InChI=1S/C9H9N5O4S/c1-2-3-6-10-9(19-12-6)13-4-5(14(17)18)7(11-13)8(15)16/h4H,2-3H2,1H3,(H,15,16). The molecule has 100 valence electrons. The van der Waals surface area contributed by atoms with E-state index in [9.17, 15) is 14.9 Å². The van der Waals surface area contributed by atoms with Crippen LogP contribution in [0.5, 0.6) is 0 Å². The molecule has 19 heavy (non-hydrogen) atoms. The van der Waals surface area contributed by atoms with Crippen LogP contribution in [-0.4, -0.2) is 35.1 Å². The van der Waals surface area contributed by atoms with Gasteiger partial charge in [0.15, 0.2) is 0 Å². The third-order valence-corrected chi connectivity index (χ3v) is 2.96. The van der Waals surface area contributed by atoms with Gasteiger partial charge in [-0.2, -0.15) is 9.47 Å². The summed E-state index contributed by atoms with van der Waals surface area (Å²) in [6.45, 7) is 1.97. The number of nitrogens with zero attached hydrogens (tertiary/aromatic N) is 5. The first kappa shape index (κ1) is 13.1. The van der Waals surface area contributed by atoms with Crippen LogP contribution >= 0.6 is 11.5 Å². The van der Waals surface area contributed by atoms with E-state index in [4.69, 9.17) is 5.11 Å². The molecule has 0 aliphatic rings. The number of carbonyl (C=O) groups is 1. The second-order valence-electron chi connectivity index (χ2n) is 3.61. The molecule has 1 N–H and O–H groups in total. The second kappa shape index (κ2) is 5.10. The van der Waals surface area contributed by atoms with Gasteiger partial charge in [-0.15, -0.1) is 0 Å². The first-order chi connectivity index (χ1) is 9.02. The summed E-state index contributed by atoms with van der Waals surface area (Å²) in [5, 5.41) is 23.5. The zero-order valence-electron chi connectivity index (χ0n) is 9.81. The lowest BCUT2D eigenvalue weighted by atomic mass is 10.3. The van der Waals surface area contributed by atoms with Gasteiger partial charge in [0.2, 0.25) is 10.8 Å². The topological polar surface area (TPSA) is 124 Å². The summed E-state index contributed by atoms with van der Waals surface area (Å²) in [5.74, 6) is -0.846. The van der Waals surface area contributed by atoms with E-state index in [0.717, 1.165) is 28.8 Å². The molecule has 2 aromatic rings. The highest BCUT2D eigenvalue weighted by atomic mass is 32.1. The quantitative estimate of drug-likeness (QED) is 0.647. The molecule has 2 heterocycles. The molecule has 9 nitrogen and oxygen atoms in total. The minimum absolute atomic E-state index is 0.305. The van der Waals surface area contributed by atoms with Crippen LogP contribution in [-0.2, 0) is 6.42 Å². The van der Waals surface area contributed by atoms with Crippen LogP contribution in [0, 0.1) is 10.1 Å². The average Bonchev–Trinajstić information content (AvgIpc) is 2.94. The second-order valence-corrected chi connectivity index (χ2v) is 4.34. The summed E-state index contributed by atoms with van der Waals surface area (Å²) >= 11 is 1.01. The number of aromatic nitrogens is 4. The van der Waals surface area contributed by atoms with Gasteiger partial charge in [-0.1, -0.05) is 6.92 Å². The van der Waals surface area contributed by atoms with Gasteiger partial charge < -0.3 is 5.11 Å². The molecule has 0 aliphatic carbocycles. The Morgan fingerprint density at radius 1 is 1.63 bits per heavy atom. The van der Waals surface area contributed by atoms with Gasteiger partial charge in [0.25, 0.3) is 0 Å². The van der Waals surface area contributed by atoms with Gasteiger partial charge in [-0.3, -0.25) is 10.1 Å². The molecule has 2 aromatic heterocycles. The number of nitro groups is 1. The number of rotatable bonds is 5. The number of aromatic carboxylic acids is 1. The van der Waals surface area contributed by atoms with Crippen molar-refractivity contribution in [1.82, 2.24) is 19.1 Å². The van der Waals surface area contributed by atoms with E-state index in [1.807, 2.05) is 6.92 Å². The largest absolute Gasteiger partial charge is 0.476 e. The molecule has 0 radical (unpaired) electrons. The summed E-state index contributed by atoms with van der Waals surface area (Å²) in [6, 6.07) is 0. The number of hydrogen-bond donors (Lipinski definition) is 1. The predicted molar refractivity (Wildman–Crippen MR) is 64.6 cm³/mol.